The number of carbonyl (C=O) groups excluding carboxylic acids is 1. The standard InChI is InChI=1S/C19H21N3O4S3/c1-12-7-8-14(26-2)16-17(12)28-19(20-16)21-18(23)13-5-3-9-22(11-13)29(24,25)15-6-4-10-27-15/h4,6-8,10,13H,3,5,9,11H2,1-2H3,(H,20,21,23). The maximum absolute atomic E-state index is 12.8. The second-order valence-corrected chi connectivity index (χ2v) is 11.0. The highest BCUT2D eigenvalue weighted by Crippen LogP contribution is 2.35. The molecular formula is C19H21N3O4S3. The summed E-state index contributed by atoms with van der Waals surface area (Å²) in [6, 6.07) is 7.13. The lowest BCUT2D eigenvalue weighted by molar-refractivity contribution is -0.120. The van der Waals surface area contributed by atoms with Crippen molar-refractivity contribution >= 4 is 54.0 Å². The quantitative estimate of drug-likeness (QED) is 0.639. The van der Waals surface area contributed by atoms with Crippen molar-refractivity contribution < 1.29 is 17.9 Å². The number of methoxy groups -OCH3 is 1. The molecule has 1 saturated heterocycles. The van der Waals surface area contributed by atoms with Crippen LogP contribution in [0.1, 0.15) is 18.4 Å². The van der Waals surface area contributed by atoms with Gasteiger partial charge in [-0.1, -0.05) is 23.5 Å². The van der Waals surface area contributed by atoms with Gasteiger partial charge in [0.2, 0.25) is 5.91 Å². The van der Waals surface area contributed by atoms with Gasteiger partial charge in [-0.2, -0.15) is 4.31 Å². The smallest absolute Gasteiger partial charge is 0.252 e. The number of anilines is 1. The zero-order chi connectivity index (χ0) is 20.6. The summed E-state index contributed by atoms with van der Waals surface area (Å²) in [7, 11) is -1.96. The maximum Gasteiger partial charge on any atom is 0.252 e. The van der Waals surface area contributed by atoms with Gasteiger partial charge in [-0.15, -0.1) is 11.3 Å². The highest BCUT2D eigenvalue weighted by atomic mass is 32.2. The number of fused-ring (bicyclic) bond motifs is 1. The number of thiazole rings is 1. The molecule has 4 rings (SSSR count). The van der Waals surface area contributed by atoms with E-state index in [-0.39, 0.29) is 12.5 Å². The van der Waals surface area contributed by atoms with Crippen LogP contribution in [0.3, 0.4) is 0 Å². The van der Waals surface area contributed by atoms with Crippen molar-refractivity contribution in [1.29, 1.82) is 0 Å². The molecule has 1 atom stereocenters. The molecule has 0 saturated carbocycles. The van der Waals surface area contributed by atoms with Gasteiger partial charge in [-0.25, -0.2) is 13.4 Å². The summed E-state index contributed by atoms with van der Waals surface area (Å²) >= 11 is 2.59. The van der Waals surface area contributed by atoms with Crippen molar-refractivity contribution in [3.05, 3.63) is 35.2 Å². The number of hydrogen-bond acceptors (Lipinski definition) is 7. The Morgan fingerprint density at radius 3 is 2.90 bits per heavy atom. The van der Waals surface area contributed by atoms with Crippen LogP contribution in [0, 0.1) is 12.8 Å². The maximum atomic E-state index is 12.8. The third kappa shape index (κ3) is 3.89. The molecule has 0 radical (unpaired) electrons. The van der Waals surface area contributed by atoms with E-state index in [9.17, 15) is 13.2 Å². The van der Waals surface area contributed by atoms with Crippen LogP contribution in [0.5, 0.6) is 5.75 Å². The number of thiophene rings is 1. The van der Waals surface area contributed by atoms with Crippen LogP contribution in [0.25, 0.3) is 10.2 Å². The summed E-state index contributed by atoms with van der Waals surface area (Å²) in [5.74, 6) is 0.0495. The van der Waals surface area contributed by atoms with Crippen LogP contribution >= 0.6 is 22.7 Å². The molecule has 1 aliphatic rings. The fraction of sp³-hybridized carbons (Fsp3) is 0.368. The number of benzene rings is 1. The van der Waals surface area contributed by atoms with Gasteiger partial charge in [0.15, 0.2) is 5.13 Å². The van der Waals surface area contributed by atoms with E-state index in [0.717, 1.165) is 15.8 Å². The molecule has 2 aromatic heterocycles. The molecule has 1 fully saturated rings. The number of ether oxygens (including phenoxy) is 1. The van der Waals surface area contributed by atoms with Gasteiger partial charge >= 0.3 is 0 Å². The summed E-state index contributed by atoms with van der Waals surface area (Å²) in [6.45, 7) is 2.60. The Balaban J connectivity index is 1.51. The van der Waals surface area contributed by atoms with Crippen molar-refractivity contribution in [1.82, 2.24) is 9.29 Å². The average molecular weight is 452 g/mol. The van der Waals surface area contributed by atoms with Gasteiger partial charge in [0.1, 0.15) is 15.5 Å². The summed E-state index contributed by atoms with van der Waals surface area (Å²) < 4.78 is 33.6. The lowest BCUT2D eigenvalue weighted by atomic mass is 9.99. The van der Waals surface area contributed by atoms with E-state index >= 15 is 0 Å². The molecule has 154 valence electrons. The number of nitrogens with one attached hydrogen (secondary N) is 1. The van der Waals surface area contributed by atoms with Gasteiger partial charge in [0.25, 0.3) is 10.0 Å². The first-order chi connectivity index (χ1) is 13.9. The number of hydrogen-bond donors (Lipinski definition) is 1. The lowest BCUT2D eigenvalue weighted by Gasteiger charge is -2.30. The zero-order valence-corrected chi connectivity index (χ0v) is 18.5. The molecule has 0 bridgehead atoms. The van der Waals surface area contributed by atoms with Gasteiger partial charge < -0.3 is 10.1 Å². The average Bonchev–Trinajstić information content (AvgIpc) is 3.39. The molecular weight excluding hydrogens is 430 g/mol. The Morgan fingerprint density at radius 1 is 1.34 bits per heavy atom. The summed E-state index contributed by atoms with van der Waals surface area (Å²) in [4.78, 5) is 17.4. The predicted molar refractivity (Wildman–Crippen MR) is 115 cm³/mol. The van der Waals surface area contributed by atoms with Crippen molar-refractivity contribution in [3.8, 4) is 5.75 Å². The highest BCUT2D eigenvalue weighted by molar-refractivity contribution is 7.91. The Labute approximate surface area is 177 Å². The Kier molecular flexibility index (Phi) is 5.60. The molecule has 3 aromatic rings. The molecule has 1 N–H and O–H groups in total. The molecule has 1 unspecified atom stereocenters. The van der Waals surface area contributed by atoms with Gasteiger partial charge in [0.05, 0.1) is 17.7 Å². The van der Waals surface area contributed by atoms with E-state index in [4.69, 9.17) is 4.74 Å². The molecule has 1 amide bonds. The minimum absolute atomic E-state index is 0.180. The number of piperidine rings is 1. The molecule has 0 aliphatic carbocycles. The highest BCUT2D eigenvalue weighted by Gasteiger charge is 2.34. The summed E-state index contributed by atoms with van der Waals surface area (Å²) in [5, 5.41) is 5.12. The van der Waals surface area contributed by atoms with Gasteiger partial charge in [0, 0.05) is 13.1 Å². The number of aryl methyl sites for hydroxylation is 1. The molecule has 10 heteroatoms. The third-order valence-electron chi connectivity index (χ3n) is 5.00. The van der Waals surface area contributed by atoms with Crippen LogP contribution in [0.15, 0.2) is 33.9 Å². The van der Waals surface area contributed by atoms with E-state index in [2.05, 4.69) is 10.3 Å². The Bertz CT molecular complexity index is 1140. The number of rotatable bonds is 5. The lowest BCUT2D eigenvalue weighted by Crippen LogP contribution is -2.43. The first-order valence-electron chi connectivity index (χ1n) is 9.19. The normalized spacial score (nSPS) is 18.1. The minimum Gasteiger partial charge on any atom is -0.494 e. The first kappa shape index (κ1) is 20.3. The zero-order valence-electron chi connectivity index (χ0n) is 16.0. The van der Waals surface area contributed by atoms with E-state index in [1.165, 1.54) is 27.0 Å². The van der Waals surface area contributed by atoms with E-state index in [0.29, 0.717) is 34.5 Å². The molecule has 0 spiro atoms. The Hall–Kier alpha value is -2.01. The summed E-state index contributed by atoms with van der Waals surface area (Å²) in [5.41, 5.74) is 1.78. The van der Waals surface area contributed by atoms with Gasteiger partial charge in [-0.05, 0) is 42.8 Å². The number of nitrogens with zero attached hydrogens (tertiary/aromatic N) is 2. The molecule has 1 aliphatic heterocycles. The van der Waals surface area contributed by atoms with Crippen molar-refractivity contribution in [2.45, 2.75) is 24.0 Å². The van der Waals surface area contributed by atoms with E-state index < -0.39 is 15.9 Å². The fourth-order valence-corrected chi connectivity index (χ4v) is 7.07. The Morgan fingerprint density at radius 2 is 2.17 bits per heavy atom. The van der Waals surface area contributed by atoms with Crippen molar-refractivity contribution in [2.75, 3.05) is 25.5 Å². The van der Waals surface area contributed by atoms with Crippen LogP contribution in [-0.4, -0.2) is 43.8 Å². The largest absolute Gasteiger partial charge is 0.494 e. The monoisotopic (exact) mass is 451 g/mol. The molecule has 1 aromatic carbocycles. The first-order valence-corrected chi connectivity index (χ1v) is 12.3. The van der Waals surface area contributed by atoms with Crippen molar-refractivity contribution in [3.63, 3.8) is 0 Å². The number of amides is 1. The molecule has 7 nitrogen and oxygen atoms in total. The molecule has 3 heterocycles. The second-order valence-electron chi connectivity index (χ2n) is 6.91. The van der Waals surface area contributed by atoms with E-state index in [1.807, 2.05) is 19.1 Å². The number of carbonyl (C=O) groups is 1. The predicted octanol–water partition coefficient (Wildman–Crippen LogP) is 3.71. The second kappa shape index (κ2) is 8.02. The van der Waals surface area contributed by atoms with Gasteiger partial charge in [-0.3, -0.25) is 4.79 Å². The van der Waals surface area contributed by atoms with Crippen LogP contribution in [-0.2, 0) is 14.8 Å². The van der Waals surface area contributed by atoms with Crippen molar-refractivity contribution in [2.24, 2.45) is 5.92 Å². The number of sulfonamides is 1. The topological polar surface area (TPSA) is 88.6 Å². The van der Waals surface area contributed by atoms with Crippen LogP contribution in [0.4, 0.5) is 5.13 Å². The fourth-order valence-electron chi connectivity index (χ4n) is 3.45. The minimum atomic E-state index is -3.55. The third-order valence-corrected chi connectivity index (χ3v) is 9.34. The SMILES string of the molecule is COc1ccc(C)c2sc(NC(=O)C3CCCN(S(=O)(=O)c4cccs4)C3)nc12. The number of aromatic nitrogens is 1. The van der Waals surface area contributed by atoms with E-state index in [1.54, 1.807) is 24.6 Å². The molecule has 29 heavy (non-hydrogen) atoms. The van der Waals surface area contributed by atoms with Crippen LogP contribution < -0.4 is 10.1 Å². The summed E-state index contributed by atoms with van der Waals surface area (Å²) in [6.07, 6.45) is 1.30. The van der Waals surface area contributed by atoms with Crippen LogP contribution in [0.2, 0.25) is 0 Å².